The number of benzene rings is 10. The third-order valence-corrected chi connectivity index (χ3v) is 14.6. The van der Waals surface area contributed by atoms with Crippen LogP contribution < -0.4 is 4.90 Å². The van der Waals surface area contributed by atoms with E-state index in [1.54, 1.807) is 0 Å². The van der Waals surface area contributed by atoms with E-state index in [1.807, 2.05) is 30.3 Å². The largest absolute Gasteiger partial charge is 0.436 e. The molecule has 3 aliphatic carbocycles. The van der Waals surface area contributed by atoms with Crippen molar-refractivity contribution < 1.29 is 4.42 Å². The minimum Gasteiger partial charge on any atom is -0.436 e. The summed E-state index contributed by atoms with van der Waals surface area (Å²) in [4.78, 5) is 7.39. The number of fused-ring (bicyclic) bond motifs is 14. The van der Waals surface area contributed by atoms with Crippen LogP contribution in [0, 0.1) is 0 Å². The molecule has 0 saturated carbocycles. The first-order valence-electron chi connectivity index (χ1n) is 22.8. The van der Waals surface area contributed by atoms with Crippen molar-refractivity contribution >= 4 is 28.2 Å². The second-order valence-corrected chi connectivity index (χ2v) is 17.7. The summed E-state index contributed by atoms with van der Waals surface area (Å²) >= 11 is 0. The van der Waals surface area contributed by atoms with Crippen LogP contribution in [0.4, 0.5) is 17.1 Å². The fourth-order valence-electron chi connectivity index (χ4n) is 12.0. The Bertz CT molecular complexity index is 3510. The predicted molar refractivity (Wildman–Crippen MR) is 268 cm³/mol. The molecule has 0 fully saturated rings. The summed E-state index contributed by atoms with van der Waals surface area (Å²) in [5.74, 6) is 0.607. The molecule has 0 aliphatic heterocycles. The molecule has 0 amide bonds. The van der Waals surface area contributed by atoms with Gasteiger partial charge in [-0.25, -0.2) is 4.98 Å². The van der Waals surface area contributed by atoms with Crippen molar-refractivity contribution in [3.05, 3.63) is 287 Å². The molecule has 0 bridgehead atoms. The molecule has 308 valence electrons. The molecule has 0 unspecified atom stereocenters. The van der Waals surface area contributed by atoms with Crippen LogP contribution >= 0.6 is 0 Å². The van der Waals surface area contributed by atoms with Crippen LogP contribution in [0.2, 0.25) is 0 Å². The molecule has 1 spiro atoms. The summed E-state index contributed by atoms with van der Waals surface area (Å²) in [7, 11) is 0. The van der Waals surface area contributed by atoms with Gasteiger partial charge in [0.15, 0.2) is 5.58 Å². The Morgan fingerprint density at radius 2 is 0.697 bits per heavy atom. The van der Waals surface area contributed by atoms with Gasteiger partial charge in [0, 0.05) is 28.7 Å². The van der Waals surface area contributed by atoms with Crippen molar-refractivity contribution in [2.24, 2.45) is 0 Å². The van der Waals surface area contributed by atoms with Gasteiger partial charge in [-0.3, -0.25) is 0 Å². The highest BCUT2D eigenvalue weighted by Gasteiger charge is 2.52. The zero-order valence-electron chi connectivity index (χ0n) is 35.9. The minimum atomic E-state index is -0.559. The van der Waals surface area contributed by atoms with Crippen molar-refractivity contribution in [1.29, 1.82) is 0 Å². The predicted octanol–water partition coefficient (Wildman–Crippen LogP) is 15.7. The average molecular weight is 841 g/mol. The molecule has 10 aromatic carbocycles. The molecule has 66 heavy (non-hydrogen) atoms. The molecular formula is C63H40N2O. The highest BCUT2D eigenvalue weighted by molar-refractivity contribution is 5.97. The summed E-state index contributed by atoms with van der Waals surface area (Å²) in [6.45, 7) is 0. The van der Waals surface area contributed by atoms with Crippen LogP contribution in [-0.2, 0) is 10.8 Å². The van der Waals surface area contributed by atoms with Gasteiger partial charge in [-0.15, -0.1) is 0 Å². The van der Waals surface area contributed by atoms with E-state index >= 15 is 0 Å². The Hall–Kier alpha value is -8.53. The SMILES string of the molecule is c1ccc(-c2nc3ccc(N(c4ccc5c(c4)C(c4ccccc4)(c4ccccc4)c4ccccc4-5)c4ccc5c(c4)C4(c6ccccc6-c6ccccc64)c4ccccc4-5)cc3o2)cc1. The van der Waals surface area contributed by atoms with E-state index in [-0.39, 0.29) is 0 Å². The van der Waals surface area contributed by atoms with E-state index in [2.05, 4.69) is 217 Å². The minimum absolute atomic E-state index is 0.490. The Morgan fingerprint density at radius 1 is 0.318 bits per heavy atom. The van der Waals surface area contributed by atoms with Gasteiger partial charge < -0.3 is 9.32 Å². The van der Waals surface area contributed by atoms with Crippen LogP contribution in [-0.4, -0.2) is 4.98 Å². The topological polar surface area (TPSA) is 29.3 Å². The standard InChI is InChI=1S/C63H40N2O/c1-4-18-41(19-5-1)61-64-59-37-34-46(40-60(59)66-61)65(44-32-35-51-49-26-10-14-28-53(49)62(57(51)38-44,42-20-6-2-7-21-42)43-22-8-3-9-23-43)45-33-36-52-50-27-13-17-31-56(50)63(58(52)39-45)54-29-15-11-24-47(54)48-25-12-16-30-55(48)63/h1-40H. The van der Waals surface area contributed by atoms with Gasteiger partial charge in [-0.1, -0.05) is 188 Å². The first kappa shape index (κ1) is 36.9. The van der Waals surface area contributed by atoms with E-state index in [9.17, 15) is 0 Å². The first-order valence-corrected chi connectivity index (χ1v) is 22.8. The van der Waals surface area contributed by atoms with Gasteiger partial charge in [-0.2, -0.15) is 0 Å². The third-order valence-electron chi connectivity index (χ3n) is 14.6. The van der Waals surface area contributed by atoms with Crippen molar-refractivity contribution in [3.63, 3.8) is 0 Å². The molecule has 0 atom stereocenters. The molecule has 0 saturated heterocycles. The van der Waals surface area contributed by atoms with Gasteiger partial charge in [0.2, 0.25) is 5.89 Å². The fraction of sp³-hybridized carbons (Fsp3) is 0.0317. The summed E-state index contributed by atoms with van der Waals surface area (Å²) < 4.78 is 6.61. The maximum Gasteiger partial charge on any atom is 0.227 e. The molecule has 3 heteroatoms. The molecule has 0 N–H and O–H groups in total. The molecule has 11 aromatic rings. The quantitative estimate of drug-likeness (QED) is 0.167. The number of anilines is 3. The van der Waals surface area contributed by atoms with E-state index in [0.29, 0.717) is 5.89 Å². The zero-order valence-corrected chi connectivity index (χ0v) is 35.9. The third kappa shape index (κ3) is 4.94. The summed E-state index contributed by atoms with van der Waals surface area (Å²) in [6, 6.07) is 89.0. The molecule has 1 heterocycles. The maximum absolute atomic E-state index is 6.61. The number of oxazole rings is 1. The Morgan fingerprint density at radius 3 is 1.20 bits per heavy atom. The number of aromatic nitrogens is 1. The molecular weight excluding hydrogens is 801 g/mol. The highest BCUT2D eigenvalue weighted by Crippen LogP contribution is 2.64. The van der Waals surface area contributed by atoms with E-state index in [4.69, 9.17) is 9.40 Å². The maximum atomic E-state index is 6.61. The molecule has 1 aromatic heterocycles. The molecule has 3 aliphatic rings. The van der Waals surface area contributed by atoms with E-state index < -0.39 is 10.8 Å². The van der Waals surface area contributed by atoms with Crippen LogP contribution in [0.1, 0.15) is 44.5 Å². The van der Waals surface area contributed by atoms with Gasteiger partial charge in [0.05, 0.1) is 10.8 Å². The van der Waals surface area contributed by atoms with Crippen molar-refractivity contribution in [1.82, 2.24) is 4.98 Å². The Balaban J connectivity index is 1.04. The van der Waals surface area contributed by atoms with Crippen molar-refractivity contribution in [3.8, 4) is 44.8 Å². The molecule has 0 radical (unpaired) electrons. The smallest absolute Gasteiger partial charge is 0.227 e. The lowest BCUT2D eigenvalue weighted by molar-refractivity contribution is 0.620. The lowest BCUT2D eigenvalue weighted by Gasteiger charge is -2.35. The summed E-state index contributed by atoms with van der Waals surface area (Å²) in [6.07, 6.45) is 0. The van der Waals surface area contributed by atoms with Gasteiger partial charge in [0.25, 0.3) is 0 Å². The van der Waals surface area contributed by atoms with Crippen LogP contribution in [0.5, 0.6) is 0 Å². The van der Waals surface area contributed by atoms with Gasteiger partial charge >= 0.3 is 0 Å². The fourth-order valence-corrected chi connectivity index (χ4v) is 12.0. The van der Waals surface area contributed by atoms with E-state index in [0.717, 1.165) is 33.7 Å². The van der Waals surface area contributed by atoms with Crippen LogP contribution in [0.25, 0.3) is 55.9 Å². The van der Waals surface area contributed by atoms with Gasteiger partial charge in [-0.05, 0) is 126 Å². The second kappa shape index (κ2) is 14.0. The lowest BCUT2D eigenvalue weighted by Crippen LogP contribution is -2.28. The summed E-state index contributed by atoms with van der Waals surface area (Å²) in [5.41, 5.74) is 22.4. The first-order chi connectivity index (χ1) is 32.7. The Labute approximate surface area is 383 Å². The molecule has 3 nitrogen and oxygen atoms in total. The monoisotopic (exact) mass is 840 g/mol. The van der Waals surface area contributed by atoms with Crippen molar-refractivity contribution in [2.75, 3.05) is 4.90 Å². The zero-order chi connectivity index (χ0) is 43.4. The number of hydrogen-bond donors (Lipinski definition) is 0. The molecule has 14 rings (SSSR count). The van der Waals surface area contributed by atoms with Gasteiger partial charge in [0.1, 0.15) is 5.52 Å². The highest BCUT2D eigenvalue weighted by atomic mass is 16.3. The van der Waals surface area contributed by atoms with Crippen molar-refractivity contribution in [2.45, 2.75) is 10.8 Å². The lowest BCUT2D eigenvalue weighted by atomic mass is 9.67. The second-order valence-electron chi connectivity index (χ2n) is 17.7. The summed E-state index contributed by atoms with van der Waals surface area (Å²) in [5, 5.41) is 0. The van der Waals surface area contributed by atoms with E-state index in [1.165, 1.54) is 77.9 Å². The number of nitrogens with zero attached hydrogens (tertiary/aromatic N) is 2. The van der Waals surface area contributed by atoms with Crippen LogP contribution in [0.15, 0.2) is 247 Å². The van der Waals surface area contributed by atoms with Crippen LogP contribution in [0.3, 0.4) is 0 Å². The normalized spacial score (nSPS) is 14.0. The average Bonchev–Trinajstić information content (AvgIpc) is 4.12. The Kier molecular flexibility index (Phi) is 7.82. The number of rotatable bonds is 6. The number of hydrogen-bond acceptors (Lipinski definition) is 3.